The van der Waals surface area contributed by atoms with Crippen LogP contribution in [-0.4, -0.2) is 53.1 Å². The Kier molecular flexibility index (Phi) is 8.98. The highest BCUT2D eigenvalue weighted by molar-refractivity contribution is 6.07. The lowest BCUT2D eigenvalue weighted by Crippen LogP contribution is -2.50. The number of carboxylic acid groups (broad SMARTS) is 1. The molecule has 214 valence electrons. The fraction of sp³-hybridized carbons (Fsp3) is 0.300. The number of aryl methyl sites for hydroxylation is 1. The van der Waals surface area contributed by atoms with Crippen LogP contribution in [0.4, 0.5) is 17.1 Å². The summed E-state index contributed by atoms with van der Waals surface area (Å²) >= 11 is 0. The molecule has 0 saturated carbocycles. The summed E-state index contributed by atoms with van der Waals surface area (Å²) in [7, 11) is 0. The lowest BCUT2D eigenvalue weighted by molar-refractivity contribution is -0.384. The number of carboxylic acids is 1. The maximum absolute atomic E-state index is 13.4. The van der Waals surface area contributed by atoms with Gasteiger partial charge in [0, 0.05) is 35.3 Å². The van der Waals surface area contributed by atoms with Crippen molar-refractivity contribution in [3.05, 3.63) is 99.1 Å². The van der Waals surface area contributed by atoms with Crippen LogP contribution in [0.1, 0.15) is 58.2 Å². The number of non-ortho nitro benzene ring substituents is 1. The first-order valence-electron chi connectivity index (χ1n) is 13.2. The van der Waals surface area contributed by atoms with Crippen molar-refractivity contribution in [3.8, 4) is 0 Å². The minimum Gasteiger partial charge on any atom is -0.481 e. The summed E-state index contributed by atoms with van der Waals surface area (Å²) in [5, 5.41) is 26.2. The molecule has 3 N–H and O–H groups in total. The minimum absolute atomic E-state index is 0.0186. The van der Waals surface area contributed by atoms with E-state index < -0.39 is 28.7 Å². The maximum Gasteiger partial charge on any atom is 0.305 e. The molecule has 0 radical (unpaired) electrons. The predicted molar refractivity (Wildman–Crippen MR) is 153 cm³/mol. The summed E-state index contributed by atoms with van der Waals surface area (Å²) in [5.41, 5.74) is 3.01. The molecule has 0 bridgehead atoms. The van der Waals surface area contributed by atoms with Crippen LogP contribution in [0.5, 0.6) is 0 Å². The molecule has 0 spiro atoms. The third-order valence-corrected chi connectivity index (χ3v) is 6.96. The summed E-state index contributed by atoms with van der Waals surface area (Å²) in [5.74, 6) is -2.06. The van der Waals surface area contributed by atoms with Crippen LogP contribution < -0.4 is 15.5 Å². The Labute approximate surface area is 237 Å². The first-order chi connectivity index (χ1) is 19.5. The predicted octanol–water partition coefficient (Wildman–Crippen LogP) is 4.71. The van der Waals surface area contributed by atoms with E-state index in [0.29, 0.717) is 30.2 Å². The molecule has 41 heavy (non-hydrogen) atoms. The first-order valence-corrected chi connectivity index (χ1v) is 13.2. The average Bonchev–Trinajstić information content (AvgIpc) is 2.93. The Morgan fingerprint density at radius 1 is 0.976 bits per heavy atom. The Bertz CT molecular complexity index is 1430. The minimum atomic E-state index is -1.06. The molecule has 0 aliphatic carbocycles. The van der Waals surface area contributed by atoms with Gasteiger partial charge >= 0.3 is 5.97 Å². The molecule has 3 unspecified atom stereocenters. The summed E-state index contributed by atoms with van der Waals surface area (Å²) < 4.78 is 5.66. The highest BCUT2D eigenvalue weighted by Gasteiger charge is 2.29. The van der Waals surface area contributed by atoms with Crippen molar-refractivity contribution in [2.75, 3.05) is 23.4 Å². The van der Waals surface area contributed by atoms with Crippen LogP contribution in [0.25, 0.3) is 0 Å². The molecule has 1 saturated heterocycles. The normalized spacial score (nSPS) is 17.4. The Morgan fingerprint density at radius 2 is 1.59 bits per heavy atom. The highest BCUT2D eigenvalue weighted by atomic mass is 16.6. The van der Waals surface area contributed by atoms with E-state index in [1.807, 2.05) is 32.9 Å². The van der Waals surface area contributed by atoms with Crippen molar-refractivity contribution >= 4 is 34.8 Å². The van der Waals surface area contributed by atoms with Gasteiger partial charge in [-0.15, -0.1) is 0 Å². The third kappa shape index (κ3) is 7.06. The zero-order chi connectivity index (χ0) is 29.7. The van der Waals surface area contributed by atoms with Crippen LogP contribution in [0.2, 0.25) is 0 Å². The largest absolute Gasteiger partial charge is 0.481 e. The van der Waals surface area contributed by atoms with Crippen LogP contribution in [0.15, 0.2) is 66.7 Å². The Balaban J connectivity index is 1.67. The molecule has 1 fully saturated rings. The molecule has 4 rings (SSSR count). The van der Waals surface area contributed by atoms with Gasteiger partial charge in [-0.2, -0.15) is 0 Å². The summed E-state index contributed by atoms with van der Waals surface area (Å²) in [4.78, 5) is 50.7. The standard InChI is InChI=1S/C30H32N4O7/c1-18-4-6-21(7-5-18)25(15-28(35)36)31-30(38)23-10-13-27(33-19(2)16-41-17-20(33)3)26(14-23)32-29(37)22-8-11-24(12-9-22)34(39)40/h4-14,19-20,25H,15-17H2,1-3H3,(H,31,38)(H,32,37)(H,35,36). The van der Waals surface area contributed by atoms with Crippen LogP contribution in [0.3, 0.4) is 0 Å². The number of carbonyl (C=O) groups is 3. The number of morpholine rings is 1. The van der Waals surface area contributed by atoms with E-state index in [4.69, 9.17) is 4.74 Å². The van der Waals surface area contributed by atoms with Gasteiger partial charge in [0.25, 0.3) is 17.5 Å². The molecule has 1 aliphatic heterocycles. The number of nitrogens with one attached hydrogen (secondary N) is 2. The SMILES string of the molecule is Cc1ccc(C(CC(=O)O)NC(=O)c2ccc(N3C(C)COCC3C)c(NC(=O)c3ccc([N+](=O)[O-])cc3)c2)cc1. The van der Waals surface area contributed by atoms with Crippen LogP contribution >= 0.6 is 0 Å². The van der Waals surface area contributed by atoms with Crippen LogP contribution in [-0.2, 0) is 9.53 Å². The molecular weight excluding hydrogens is 528 g/mol. The molecular formula is C30H32N4O7. The van der Waals surface area contributed by atoms with Crippen molar-refractivity contribution in [2.45, 2.75) is 45.3 Å². The van der Waals surface area contributed by atoms with Gasteiger partial charge in [0.2, 0.25) is 0 Å². The van der Waals surface area contributed by atoms with Gasteiger partial charge in [-0.1, -0.05) is 29.8 Å². The van der Waals surface area contributed by atoms with E-state index in [2.05, 4.69) is 15.5 Å². The highest BCUT2D eigenvalue weighted by Crippen LogP contribution is 2.33. The van der Waals surface area contributed by atoms with E-state index >= 15 is 0 Å². The molecule has 3 aromatic carbocycles. The van der Waals surface area contributed by atoms with Crippen LogP contribution in [0, 0.1) is 17.0 Å². The molecule has 1 heterocycles. The average molecular weight is 561 g/mol. The number of rotatable bonds is 9. The van der Waals surface area contributed by atoms with Gasteiger partial charge in [-0.05, 0) is 56.7 Å². The lowest BCUT2D eigenvalue weighted by atomic mass is 10.0. The van der Waals surface area contributed by atoms with Gasteiger partial charge in [0.15, 0.2) is 0 Å². The van der Waals surface area contributed by atoms with E-state index in [0.717, 1.165) is 5.56 Å². The summed E-state index contributed by atoms with van der Waals surface area (Å²) in [6, 6.07) is 16.6. The fourth-order valence-corrected chi connectivity index (χ4v) is 4.88. The number of benzene rings is 3. The fourth-order valence-electron chi connectivity index (χ4n) is 4.88. The molecule has 1 aliphatic rings. The number of nitro groups is 1. The number of anilines is 2. The lowest BCUT2D eigenvalue weighted by Gasteiger charge is -2.41. The molecule has 11 heteroatoms. The Morgan fingerprint density at radius 3 is 2.17 bits per heavy atom. The number of nitrogens with zero attached hydrogens (tertiary/aromatic N) is 2. The zero-order valence-electron chi connectivity index (χ0n) is 23.0. The molecule has 3 aromatic rings. The number of aliphatic carboxylic acids is 1. The number of hydrogen-bond donors (Lipinski definition) is 3. The quantitative estimate of drug-likeness (QED) is 0.251. The van der Waals surface area contributed by atoms with E-state index in [9.17, 15) is 29.6 Å². The number of amides is 2. The second kappa shape index (κ2) is 12.6. The molecule has 2 amide bonds. The zero-order valence-corrected chi connectivity index (χ0v) is 23.0. The van der Waals surface area contributed by atoms with Gasteiger partial charge in [0.05, 0.1) is 42.0 Å². The van der Waals surface area contributed by atoms with Crippen molar-refractivity contribution in [3.63, 3.8) is 0 Å². The summed E-state index contributed by atoms with van der Waals surface area (Å²) in [6.45, 7) is 6.87. The van der Waals surface area contributed by atoms with Gasteiger partial charge in [-0.25, -0.2) is 0 Å². The topological polar surface area (TPSA) is 151 Å². The third-order valence-electron chi connectivity index (χ3n) is 6.96. The Hall–Kier alpha value is -4.77. The maximum atomic E-state index is 13.4. The monoisotopic (exact) mass is 560 g/mol. The number of ether oxygens (including phenoxy) is 1. The van der Waals surface area contributed by atoms with E-state index in [1.54, 1.807) is 30.3 Å². The van der Waals surface area contributed by atoms with Crippen molar-refractivity contribution in [2.24, 2.45) is 0 Å². The van der Waals surface area contributed by atoms with Gasteiger partial charge in [-0.3, -0.25) is 24.5 Å². The number of hydrogen-bond acceptors (Lipinski definition) is 7. The molecule has 11 nitrogen and oxygen atoms in total. The van der Waals surface area contributed by atoms with Gasteiger partial charge in [0.1, 0.15) is 0 Å². The summed E-state index contributed by atoms with van der Waals surface area (Å²) in [6.07, 6.45) is -0.306. The van der Waals surface area contributed by atoms with Crippen molar-refractivity contribution in [1.82, 2.24) is 5.32 Å². The first kappa shape index (κ1) is 29.2. The molecule has 0 aromatic heterocycles. The smallest absolute Gasteiger partial charge is 0.305 e. The number of carbonyl (C=O) groups excluding carboxylic acids is 2. The van der Waals surface area contributed by atoms with E-state index in [-0.39, 0.29) is 35.3 Å². The van der Waals surface area contributed by atoms with Crippen molar-refractivity contribution in [1.29, 1.82) is 0 Å². The van der Waals surface area contributed by atoms with Gasteiger partial charge < -0.3 is 25.4 Å². The van der Waals surface area contributed by atoms with Crippen molar-refractivity contribution < 1.29 is 29.2 Å². The second-order valence-corrected chi connectivity index (χ2v) is 10.2. The second-order valence-electron chi connectivity index (χ2n) is 10.2. The number of nitro benzene ring substituents is 1. The molecule has 3 atom stereocenters. The van der Waals surface area contributed by atoms with E-state index in [1.165, 1.54) is 24.3 Å².